The first kappa shape index (κ1) is 13.8. The van der Waals surface area contributed by atoms with Crippen molar-refractivity contribution in [1.82, 2.24) is 0 Å². The maximum absolute atomic E-state index is 10.5. The highest BCUT2D eigenvalue weighted by Gasteiger charge is 2.34. The van der Waals surface area contributed by atoms with Crippen LogP contribution in [0, 0.1) is 5.41 Å². The van der Waals surface area contributed by atoms with E-state index in [-0.39, 0.29) is 0 Å². The van der Waals surface area contributed by atoms with Gasteiger partial charge in [0.2, 0.25) is 0 Å². The summed E-state index contributed by atoms with van der Waals surface area (Å²) in [5.74, 6) is 0. The lowest BCUT2D eigenvalue weighted by Gasteiger charge is -2.28. The molecule has 0 aliphatic rings. The predicted octanol–water partition coefficient (Wildman–Crippen LogP) is -2.49. The van der Waals surface area contributed by atoms with Gasteiger partial charge in [-0.2, -0.15) is 8.42 Å². The van der Waals surface area contributed by atoms with Gasteiger partial charge in [0, 0.05) is 5.41 Å². The maximum atomic E-state index is 10.5. The standard InChI is InChI=1S/C6H15NO6S/c7-5(14(11,12)13)1-6(2-8,3-9)4-10/h5,8-10H,1-4,7H2,(H,11,12,13). The summed E-state index contributed by atoms with van der Waals surface area (Å²) in [4.78, 5) is 0. The second kappa shape index (κ2) is 5.01. The summed E-state index contributed by atoms with van der Waals surface area (Å²) >= 11 is 0. The molecule has 0 aliphatic carbocycles. The van der Waals surface area contributed by atoms with Crippen LogP contribution in [-0.4, -0.2) is 53.5 Å². The highest BCUT2D eigenvalue weighted by Crippen LogP contribution is 2.22. The van der Waals surface area contributed by atoms with Crippen LogP contribution in [0.3, 0.4) is 0 Å². The summed E-state index contributed by atoms with van der Waals surface area (Å²) in [6.07, 6.45) is -0.421. The van der Waals surface area contributed by atoms with Crippen molar-refractivity contribution in [2.75, 3.05) is 19.8 Å². The fourth-order valence-corrected chi connectivity index (χ4v) is 1.44. The topological polar surface area (TPSA) is 141 Å². The molecule has 0 heterocycles. The Hall–Kier alpha value is -0.250. The first-order valence-corrected chi connectivity index (χ1v) is 5.36. The molecule has 0 saturated carbocycles. The van der Waals surface area contributed by atoms with Crippen molar-refractivity contribution < 1.29 is 28.3 Å². The van der Waals surface area contributed by atoms with Crippen LogP contribution < -0.4 is 5.73 Å². The Labute approximate surface area is 81.9 Å². The normalized spacial score (nSPS) is 15.5. The minimum atomic E-state index is -4.42. The third-order valence-electron chi connectivity index (χ3n) is 2.02. The molecule has 0 amide bonds. The quantitative estimate of drug-likeness (QED) is 0.317. The van der Waals surface area contributed by atoms with Crippen LogP contribution in [0.4, 0.5) is 0 Å². The fourth-order valence-electron chi connectivity index (χ4n) is 0.876. The van der Waals surface area contributed by atoms with E-state index in [2.05, 4.69) is 0 Å². The molecule has 1 unspecified atom stereocenters. The van der Waals surface area contributed by atoms with Crippen molar-refractivity contribution in [3.8, 4) is 0 Å². The van der Waals surface area contributed by atoms with Gasteiger partial charge in [0.05, 0.1) is 19.8 Å². The molecule has 0 radical (unpaired) electrons. The smallest absolute Gasteiger partial charge is 0.280 e. The maximum Gasteiger partial charge on any atom is 0.280 e. The molecular formula is C6H15NO6S. The van der Waals surface area contributed by atoms with Gasteiger partial charge in [-0.15, -0.1) is 0 Å². The van der Waals surface area contributed by atoms with E-state index in [1.807, 2.05) is 0 Å². The van der Waals surface area contributed by atoms with E-state index in [1.165, 1.54) is 0 Å². The molecular weight excluding hydrogens is 214 g/mol. The van der Waals surface area contributed by atoms with Gasteiger partial charge in [-0.1, -0.05) is 0 Å². The van der Waals surface area contributed by atoms with E-state index in [1.54, 1.807) is 0 Å². The van der Waals surface area contributed by atoms with Crippen molar-refractivity contribution in [2.45, 2.75) is 11.8 Å². The molecule has 0 aromatic heterocycles. The summed E-state index contributed by atoms with van der Waals surface area (Å²) in [6, 6.07) is 0. The van der Waals surface area contributed by atoms with Crippen LogP contribution >= 0.6 is 0 Å². The Morgan fingerprint density at radius 1 is 1.14 bits per heavy atom. The molecule has 7 nitrogen and oxygen atoms in total. The third kappa shape index (κ3) is 3.48. The number of hydrogen-bond donors (Lipinski definition) is 5. The van der Waals surface area contributed by atoms with E-state index < -0.39 is 47.1 Å². The number of aliphatic hydroxyl groups excluding tert-OH is 3. The van der Waals surface area contributed by atoms with Gasteiger partial charge in [0.15, 0.2) is 0 Å². The molecule has 8 heteroatoms. The number of hydrogen-bond acceptors (Lipinski definition) is 6. The van der Waals surface area contributed by atoms with Gasteiger partial charge in [-0.3, -0.25) is 4.55 Å². The highest BCUT2D eigenvalue weighted by molar-refractivity contribution is 7.86. The van der Waals surface area contributed by atoms with Crippen LogP contribution in [-0.2, 0) is 10.1 Å². The zero-order valence-electron chi connectivity index (χ0n) is 7.50. The Balaban J connectivity index is 4.61. The summed E-state index contributed by atoms with van der Waals surface area (Å²) in [5.41, 5.74) is 3.70. The van der Waals surface area contributed by atoms with Crippen LogP contribution in [0.5, 0.6) is 0 Å². The second-order valence-electron chi connectivity index (χ2n) is 3.23. The Morgan fingerprint density at radius 2 is 1.50 bits per heavy atom. The molecule has 0 bridgehead atoms. The minimum Gasteiger partial charge on any atom is -0.396 e. The van der Waals surface area contributed by atoms with Crippen LogP contribution in [0.2, 0.25) is 0 Å². The van der Waals surface area contributed by atoms with Crippen LogP contribution in [0.25, 0.3) is 0 Å². The number of aliphatic hydroxyl groups is 3. The predicted molar refractivity (Wildman–Crippen MR) is 47.8 cm³/mol. The van der Waals surface area contributed by atoms with Gasteiger partial charge in [-0.05, 0) is 6.42 Å². The summed E-state index contributed by atoms with van der Waals surface area (Å²) < 4.78 is 29.6. The van der Waals surface area contributed by atoms with E-state index in [9.17, 15) is 8.42 Å². The lowest BCUT2D eigenvalue weighted by atomic mass is 9.87. The van der Waals surface area contributed by atoms with Gasteiger partial charge in [0.1, 0.15) is 5.37 Å². The Bertz CT molecular complexity index is 251. The van der Waals surface area contributed by atoms with Crippen molar-refractivity contribution in [2.24, 2.45) is 11.1 Å². The largest absolute Gasteiger partial charge is 0.396 e. The average Bonchev–Trinajstić information content (AvgIpc) is 2.12. The summed E-state index contributed by atoms with van der Waals surface area (Å²) in [7, 11) is -4.42. The van der Waals surface area contributed by atoms with Gasteiger partial charge >= 0.3 is 0 Å². The molecule has 0 fully saturated rings. The molecule has 0 aliphatic heterocycles. The lowest BCUT2D eigenvalue weighted by Crippen LogP contribution is -2.43. The zero-order valence-corrected chi connectivity index (χ0v) is 8.31. The molecule has 1 atom stereocenters. The molecule has 6 N–H and O–H groups in total. The summed E-state index contributed by atoms with van der Waals surface area (Å²) in [6.45, 7) is -1.87. The van der Waals surface area contributed by atoms with E-state index in [4.69, 9.17) is 25.6 Å². The van der Waals surface area contributed by atoms with Crippen molar-refractivity contribution >= 4 is 10.1 Å². The van der Waals surface area contributed by atoms with E-state index in [0.29, 0.717) is 0 Å². The second-order valence-corrected chi connectivity index (χ2v) is 4.87. The molecule has 0 aromatic carbocycles. The molecule has 14 heavy (non-hydrogen) atoms. The Morgan fingerprint density at radius 3 is 1.71 bits per heavy atom. The van der Waals surface area contributed by atoms with E-state index in [0.717, 1.165) is 0 Å². The first-order chi connectivity index (χ1) is 6.31. The zero-order chi connectivity index (χ0) is 11.4. The monoisotopic (exact) mass is 229 g/mol. The first-order valence-electron chi connectivity index (χ1n) is 3.86. The minimum absolute atomic E-state index is 0.421. The van der Waals surface area contributed by atoms with Gasteiger partial charge < -0.3 is 21.1 Å². The highest BCUT2D eigenvalue weighted by atomic mass is 32.2. The van der Waals surface area contributed by atoms with Crippen molar-refractivity contribution in [3.05, 3.63) is 0 Å². The van der Waals surface area contributed by atoms with Crippen molar-refractivity contribution in [1.29, 1.82) is 0 Å². The van der Waals surface area contributed by atoms with Crippen LogP contribution in [0.1, 0.15) is 6.42 Å². The molecule has 0 spiro atoms. The molecule has 86 valence electrons. The molecule has 0 rings (SSSR count). The fraction of sp³-hybridized carbons (Fsp3) is 1.00. The summed E-state index contributed by atoms with van der Waals surface area (Å²) in [5, 5.41) is 24.9. The van der Waals surface area contributed by atoms with Crippen LogP contribution in [0.15, 0.2) is 0 Å². The average molecular weight is 229 g/mol. The number of nitrogens with two attached hydrogens (primary N) is 1. The van der Waals surface area contributed by atoms with Crippen molar-refractivity contribution in [3.63, 3.8) is 0 Å². The molecule has 0 aromatic rings. The Kier molecular flexibility index (Phi) is 4.92. The molecule has 0 saturated heterocycles. The van der Waals surface area contributed by atoms with Gasteiger partial charge in [-0.25, -0.2) is 0 Å². The van der Waals surface area contributed by atoms with E-state index >= 15 is 0 Å². The third-order valence-corrected chi connectivity index (χ3v) is 2.95. The lowest BCUT2D eigenvalue weighted by molar-refractivity contribution is -0.00121. The number of rotatable bonds is 6. The SMILES string of the molecule is NC(CC(CO)(CO)CO)S(=O)(=O)O. The van der Waals surface area contributed by atoms with Gasteiger partial charge in [0.25, 0.3) is 10.1 Å².